The summed E-state index contributed by atoms with van der Waals surface area (Å²) >= 11 is 7.99. The van der Waals surface area contributed by atoms with Crippen molar-refractivity contribution in [1.29, 1.82) is 0 Å². The van der Waals surface area contributed by atoms with Crippen molar-refractivity contribution in [2.24, 2.45) is 17.8 Å². The Bertz CT molecular complexity index is 1260. The second kappa shape index (κ2) is 10.4. The number of fused-ring (bicyclic) bond motifs is 1. The van der Waals surface area contributed by atoms with E-state index in [-0.39, 0.29) is 36.1 Å². The molecule has 0 aromatic heterocycles. The van der Waals surface area contributed by atoms with Gasteiger partial charge in [-0.05, 0) is 36.5 Å². The van der Waals surface area contributed by atoms with Crippen molar-refractivity contribution in [3.63, 3.8) is 0 Å². The number of carbonyl (C=O) groups is 3. The van der Waals surface area contributed by atoms with Gasteiger partial charge in [0.25, 0.3) is 5.91 Å². The average molecular weight is 555 g/mol. The topological polar surface area (TPSA) is 98.2 Å². The van der Waals surface area contributed by atoms with Crippen LogP contribution in [0.3, 0.4) is 0 Å². The number of hydrogen-bond acceptors (Lipinski definition) is 5. The Labute approximate surface area is 231 Å². The van der Waals surface area contributed by atoms with E-state index in [0.717, 1.165) is 5.56 Å². The monoisotopic (exact) mass is 554 g/mol. The average Bonchev–Trinajstić information content (AvgIpc) is 3.50. The summed E-state index contributed by atoms with van der Waals surface area (Å²) in [6, 6.07) is 14.8. The van der Waals surface area contributed by atoms with Crippen LogP contribution in [0.4, 0.5) is 5.69 Å². The van der Waals surface area contributed by atoms with Crippen LogP contribution in [0.2, 0.25) is 5.02 Å². The Morgan fingerprint density at radius 2 is 1.92 bits per heavy atom. The fraction of sp³-hybridized carbons (Fsp3) is 0.414. The minimum Gasteiger partial charge on any atom is -0.481 e. The van der Waals surface area contributed by atoms with Crippen LogP contribution in [0.25, 0.3) is 0 Å². The molecule has 38 heavy (non-hydrogen) atoms. The van der Waals surface area contributed by atoms with E-state index < -0.39 is 34.6 Å². The smallest absolute Gasteiger partial charge is 0.308 e. The number of aliphatic carboxylic acids is 1. The second-order valence-corrected chi connectivity index (χ2v) is 12.3. The predicted octanol–water partition coefficient (Wildman–Crippen LogP) is 3.88. The molecule has 7 nitrogen and oxygen atoms in total. The summed E-state index contributed by atoms with van der Waals surface area (Å²) in [6.45, 7) is 5.64. The van der Waals surface area contributed by atoms with Gasteiger partial charge in [0, 0.05) is 11.8 Å². The number of anilines is 1. The van der Waals surface area contributed by atoms with E-state index in [9.17, 15) is 24.6 Å². The molecule has 0 radical (unpaired) electrons. The van der Waals surface area contributed by atoms with Crippen molar-refractivity contribution >= 4 is 46.8 Å². The molecule has 3 aliphatic rings. The largest absolute Gasteiger partial charge is 0.481 e. The first kappa shape index (κ1) is 26.8. The molecule has 1 spiro atoms. The molecule has 2 aromatic carbocycles. The maximum Gasteiger partial charge on any atom is 0.308 e. The number of carboxylic acid groups (broad SMARTS) is 1. The number of thioether (sulfide) groups is 1. The van der Waals surface area contributed by atoms with Crippen LogP contribution >= 0.6 is 23.4 Å². The van der Waals surface area contributed by atoms with E-state index in [2.05, 4.69) is 6.58 Å². The lowest BCUT2D eigenvalue weighted by atomic mass is 9.66. The number of rotatable bonds is 9. The number of aliphatic hydroxyl groups is 1. The number of aliphatic hydroxyl groups excluding tert-OH is 1. The van der Waals surface area contributed by atoms with Crippen molar-refractivity contribution in [2.75, 3.05) is 18.1 Å². The Morgan fingerprint density at radius 1 is 1.24 bits per heavy atom. The first-order chi connectivity index (χ1) is 18.3. The molecule has 9 heteroatoms. The number of likely N-dealkylation sites (tertiary alicyclic amines) is 1. The Balaban J connectivity index is 1.65. The zero-order chi connectivity index (χ0) is 27.2. The number of benzene rings is 2. The van der Waals surface area contributed by atoms with Crippen molar-refractivity contribution in [3.8, 4) is 0 Å². The van der Waals surface area contributed by atoms with Crippen LogP contribution in [0.15, 0.2) is 67.3 Å². The highest BCUT2D eigenvalue weighted by atomic mass is 35.5. The zero-order valence-electron chi connectivity index (χ0n) is 21.1. The van der Waals surface area contributed by atoms with Gasteiger partial charge in [-0.3, -0.25) is 14.4 Å². The molecule has 2 amide bonds. The Kier molecular flexibility index (Phi) is 7.33. The standard InChI is InChI=1S/C29H31ClN2O5S/c1-3-13-31(21-12-8-7-11-20(21)30)27(35)25-29-17(2)14-22(38-29)23(28(36)37)24(29)26(34)32(25)19(16-33)15-18-9-5-4-6-10-18/h3-12,17,19,22-25,33H,1,13-16H2,2H3,(H,36,37)/t17?,19-,22-,23+,24+,25?,29?/m1/s1. The molecule has 200 valence electrons. The number of nitrogens with zero attached hydrogens (tertiary/aromatic N) is 2. The molecular formula is C29H31ClN2O5S. The SMILES string of the molecule is C=CCN(C(=O)C1N([C@@H](CO)Cc2ccccc2)C(=O)[C@@H]2[C@@H](C(=O)O)[C@H]3CC(C)C12S3)c1ccccc1Cl. The summed E-state index contributed by atoms with van der Waals surface area (Å²) in [4.78, 5) is 44.4. The van der Waals surface area contributed by atoms with Crippen molar-refractivity contribution in [2.45, 2.75) is 41.8 Å². The number of carbonyl (C=O) groups excluding carboxylic acids is 2. The van der Waals surface area contributed by atoms with Crippen LogP contribution in [0, 0.1) is 17.8 Å². The van der Waals surface area contributed by atoms with E-state index in [4.69, 9.17) is 11.6 Å². The first-order valence-corrected chi connectivity index (χ1v) is 14.1. The summed E-state index contributed by atoms with van der Waals surface area (Å²) in [5.41, 5.74) is 1.41. The molecule has 0 saturated carbocycles. The molecule has 2 aromatic rings. The molecule has 3 aliphatic heterocycles. The molecule has 3 heterocycles. The highest BCUT2D eigenvalue weighted by molar-refractivity contribution is 8.02. The van der Waals surface area contributed by atoms with Crippen LogP contribution < -0.4 is 4.90 Å². The number of halogens is 1. The number of carboxylic acids is 1. The van der Waals surface area contributed by atoms with Gasteiger partial charge in [-0.15, -0.1) is 18.3 Å². The predicted molar refractivity (Wildman–Crippen MR) is 148 cm³/mol. The summed E-state index contributed by atoms with van der Waals surface area (Å²) in [6.07, 6.45) is 2.55. The number of hydrogen-bond donors (Lipinski definition) is 2. The maximum absolute atomic E-state index is 14.6. The van der Waals surface area contributed by atoms with E-state index in [1.54, 1.807) is 30.3 Å². The lowest BCUT2D eigenvalue weighted by Crippen LogP contribution is -2.59. The number of para-hydroxylation sites is 1. The fourth-order valence-corrected chi connectivity index (χ4v) is 9.44. The van der Waals surface area contributed by atoms with E-state index in [1.165, 1.54) is 21.6 Å². The lowest BCUT2D eigenvalue weighted by molar-refractivity contribution is -0.149. The Morgan fingerprint density at radius 3 is 2.55 bits per heavy atom. The third-order valence-electron chi connectivity index (χ3n) is 8.34. The maximum atomic E-state index is 14.6. The van der Waals surface area contributed by atoms with E-state index in [0.29, 0.717) is 23.6 Å². The third-order valence-corrected chi connectivity index (χ3v) is 10.7. The lowest BCUT2D eigenvalue weighted by Gasteiger charge is -2.42. The highest BCUT2D eigenvalue weighted by Gasteiger charge is 2.77. The van der Waals surface area contributed by atoms with E-state index >= 15 is 0 Å². The summed E-state index contributed by atoms with van der Waals surface area (Å²) in [5, 5.41) is 20.9. The van der Waals surface area contributed by atoms with Gasteiger partial charge in [-0.2, -0.15) is 0 Å². The molecule has 3 saturated heterocycles. The molecule has 2 bridgehead atoms. The van der Waals surface area contributed by atoms with Crippen molar-refractivity contribution in [3.05, 3.63) is 77.8 Å². The third kappa shape index (κ3) is 4.05. The van der Waals surface area contributed by atoms with Gasteiger partial charge in [0.1, 0.15) is 6.04 Å². The highest BCUT2D eigenvalue weighted by Crippen LogP contribution is 2.69. The minimum absolute atomic E-state index is 0.0751. The molecule has 2 N–H and O–H groups in total. The zero-order valence-corrected chi connectivity index (χ0v) is 22.6. The minimum atomic E-state index is -1.01. The summed E-state index contributed by atoms with van der Waals surface area (Å²) < 4.78 is -0.924. The van der Waals surface area contributed by atoms with Crippen LogP contribution in [0.5, 0.6) is 0 Å². The summed E-state index contributed by atoms with van der Waals surface area (Å²) in [5.74, 6) is -3.53. The van der Waals surface area contributed by atoms with Gasteiger partial charge in [-0.1, -0.05) is 67.1 Å². The van der Waals surface area contributed by atoms with Gasteiger partial charge in [0.15, 0.2) is 0 Å². The Hall–Kier alpha value is -2.81. The summed E-state index contributed by atoms with van der Waals surface area (Å²) in [7, 11) is 0. The van der Waals surface area contributed by atoms with Gasteiger partial charge in [-0.25, -0.2) is 0 Å². The molecule has 7 atom stereocenters. The van der Waals surface area contributed by atoms with Crippen molar-refractivity contribution in [1.82, 2.24) is 4.90 Å². The quantitative estimate of drug-likeness (QED) is 0.456. The van der Waals surface area contributed by atoms with Crippen LogP contribution in [-0.2, 0) is 20.8 Å². The molecular weight excluding hydrogens is 524 g/mol. The molecule has 3 fully saturated rings. The normalized spacial score (nSPS) is 30.2. The second-order valence-electron chi connectivity index (χ2n) is 10.4. The molecule has 3 unspecified atom stereocenters. The van der Waals surface area contributed by atoms with Gasteiger partial charge < -0.3 is 20.0 Å². The van der Waals surface area contributed by atoms with Crippen LogP contribution in [0.1, 0.15) is 18.9 Å². The fourth-order valence-electron chi connectivity index (χ4n) is 6.81. The van der Waals surface area contributed by atoms with Crippen molar-refractivity contribution < 1.29 is 24.6 Å². The van der Waals surface area contributed by atoms with Gasteiger partial charge in [0.2, 0.25) is 5.91 Å². The first-order valence-electron chi connectivity index (χ1n) is 12.8. The van der Waals surface area contributed by atoms with E-state index in [1.807, 2.05) is 37.3 Å². The molecule has 5 rings (SSSR count). The van der Waals surface area contributed by atoms with Gasteiger partial charge >= 0.3 is 5.97 Å². The van der Waals surface area contributed by atoms with Crippen LogP contribution in [-0.4, -0.2) is 68.1 Å². The number of amides is 2. The molecule has 0 aliphatic carbocycles. The van der Waals surface area contributed by atoms with Gasteiger partial charge in [0.05, 0.1) is 39.9 Å².